The fourth-order valence-electron chi connectivity index (χ4n) is 13.9. The standard InChI is InChI=1S/C34H36N4O5.C27H22N2O6.C12H24N2O2.C8H16N2O2.C7H16N2.C4H9Br.2ClH/c1-21(2)18-38-19-25(20-38)37-34(39)23-4-6-28(31(15-23)40-3)32-16-29-33(43-32)27(8-11-36-29)22-5-7-30(24(14-22)17-35)42-26-9-12-41-13-10-26;1-32-24-13-17(27(30)31)2-4-21(24)25-14-22-26(35-25)20(6-9-29-22)16-3-5-23(18(12-16)15-28)34-19-7-10-33-11-8-19;1-9(2)6-14-7-10(8-14)13-11(15)16-12(3,4)5;1-8(2,3)12-7(11)10-6-4-9-5-6;1-6(2)3-9-4-7(8)5-9;1-4(2)3-5;;/h4-8,11,14-16,21,25-26H,9-10,12-13,18-20H2,1-3H3,(H,37,39);2-6,9,12-14,19H,7-8,10-11H2,1H3,(H,30,31);9-10H,6-8H2,1-5H3,(H,13,15);6,9H,4-5H2,1-3H3,(H,10,11);6-7H,3-5,8H2,1-2H3;4H,3H2,1-2H3;2*1H. The molecule has 664 valence electrons. The second kappa shape index (κ2) is 47.5. The molecule has 0 unspecified atom stereocenters. The van der Waals surface area contributed by atoms with Crippen molar-refractivity contribution in [3.8, 4) is 80.0 Å². The summed E-state index contributed by atoms with van der Waals surface area (Å²) >= 11 is 3.31. The van der Waals surface area contributed by atoms with Crippen LogP contribution in [0.2, 0.25) is 0 Å². The Morgan fingerprint density at radius 3 is 1.27 bits per heavy atom. The number of halogens is 3. The molecule has 14 rings (SSSR count). The predicted molar refractivity (Wildman–Crippen MR) is 484 cm³/mol. The third kappa shape index (κ3) is 30.6. The molecule has 0 saturated carbocycles. The fourth-order valence-corrected chi connectivity index (χ4v) is 13.9. The van der Waals surface area contributed by atoms with Crippen molar-refractivity contribution in [3.05, 3.63) is 132 Å². The lowest BCUT2D eigenvalue weighted by molar-refractivity contribution is 0.0252. The first-order chi connectivity index (χ1) is 57.2. The number of alkyl carbamates (subject to hydrolysis) is 2. The summed E-state index contributed by atoms with van der Waals surface area (Å²) in [6.07, 6.45) is 6.05. The van der Waals surface area contributed by atoms with Crippen molar-refractivity contribution in [2.45, 2.75) is 170 Å². The summed E-state index contributed by atoms with van der Waals surface area (Å²) in [6, 6.07) is 34.1. The zero-order valence-electron chi connectivity index (χ0n) is 73.4. The van der Waals surface area contributed by atoms with Gasteiger partial charge in [0.15, 0.2) is 11.2 Å². The van der Waals surface area contributed by atoms with E-state index in [0.717, 1.165) is 131 Å². The number of alkyl halides is 1. The molecule has 4 aromatic carbocycles. The molecule has 10 heterocycles. The van der Waals surface area contributed by atoms with E-state index in [2.05, 4.69) is 129 Å². The maximum absolute atomic E-state index is 13.0. The summed E-state index contributed by atoms with van der Waals surface area (Å²) in [6.45, 7) is 42.4. The van der Waals surface area contributed by atoms with Crippen molar-refractivity contribution >= 4 is 87.0 Å². The molecule has 27 nitrogen and oxygen atoms in total. The molecule has 7 N–H and O–H groups in total. The first-order valence-electron chi connectivity index (χ1n) is 41.6. The summed E-state index contributed by atoms with van der Waals surface area (Å²) < 4.78 is 56.9. The molecule has 3 amide bonds. The number of carbonyl (C=O) groups excluding carboxylic acids is 3. The number of aromatic carboxylic acids is 1. The van der Waals surface area contributed by atoms with Crippen LogP contribution in [0.1, 0.15) is 154 Å². The number of nitriles is 2. The van der Waals surface area contributed by atoms with E-state index in [1.165, 1.54) is 25.8 Å². The highest BCUT2D eigenvalue weighted by Gasteiger charge is 2.33. The number of furan rings is 2. The number of aromatic nitrogens is 2. The monoisotopic (exact) mass is 1790 g/mol. The smallest absolute Gasteiger partial charge is 0.407 e. The first kappa shape index (κ1) is 99.8. The Morgan fingerprint density at radius 2 is 0.918 bits per heavy atom. The SMILES string of the molecule is CC(C)(C)OC(=O)NC1CNC1.CC(C)CBr.CC(C)CN1CC(N)C1.CC(C)CN1CC(NC(=O)OC(C)(C)C)C1.COc1cc(C(=O)NC2CN(CC(C)C)C2)ccc1-c1cc2nccc(-c3ccc(OC4CCOCC4)c(C#N)c3)c2o1.COc1cc(C(=O)O)ccc1-c1cc2nccc(-c3ccc(OC4CCOCC4)c(C#N)c3)c2o1.Cl.Cl. The van der Waals surface area contributed by atoms with Crippen molar-refractivity contribution < 1.29 is 71.0 Å². The maximum atomic E-state index is 13.0. The van der Waals surface area contributed by atoms with Crippen LogP contribution in [0.4, 0.5) is 9.59 Å². The van der Waals surface area contributed by atoms with Crippen LogP contribution < -0.4 is 45.9 Å². The van der Waals surface area contributed by atoms with Gasteiger partial charge < -0.3 is 78.8 Å². The van der Waals surface area contributed by atoms with Gasteiger partial charge in [-0.2, -0.15) is 10.5 Å². The summed E-state index contributed by atoms with van der Waals surface area (Å²) in [7, 11) is 3.06. The minimum absolute atomic E-state index is 0. The van der Waals surface area contributed by atoms with Crippen molar-refractivity contribution in [3.63, 3.8) is 0 Å². The van der Waals surface area contributed by atoms with Gasteiger partial charge in [-0.15, -0.1) is 24.8 Å². The molecule has 122 heavy (non-hydrogen) atoms. The van der Waals surface area contributed by atoms with Crippen LogP contribution in [0.25, 0.3) is 67.1 Å². The molecular formula is C92H125BrCl2N12O15. The molecule has 30 heteroatoms. The van der Waals surface area contributed by atoms with Gasteiger partial charge >= 0.3 is 18.2 Å². The number of likely N-dealkylation sites (tertiary alicyclic amines) is 3. The Bertz CT molecular complexity index is 4770. The average Bonchev–Trinajstić information content (AvgIpc) is 1.62. The Morgan fingerprint density at radius 1 is 0.533 bits per heavy atom. The highest BCUT2D eigenvalue weighted by molar-refractivity contribution is 9.09. The summed E-state index contributed by atoms with van der Waals surface area (Å²) in [4.78, 5) is 62.9. The number of nitrogens with two attached hydrogens (primary N) is 1. The van der Waals surface area contributed by atoms with E-state index in [9.17, 15) is 34.8 Å². The van der Waals surface area contributed by atoms with Crippen LogP contribution in [0.5, 0.6) is 23.0 Å². The third-order valence-electron chi connectivity index (χ3n) is 19.6. The normalized spacial score (nSPS) is 16.0. The summed E-state index contributed by atoms with van der Waals surface area (Å²) in [5.41, 5.74) is 13.3. The molecule has 0 bridgehead atoms. The van der Waals surface area contributed by atoms with Crippen molar-refractivity contribution in [2.24, 2.45) is 29.4 Å². The molecular weight excluding hydrogens is 1660 g/mol. The first-order valence-corrected chi connectivity index (χ1v) is 42.7. The van der Waals surface area contributed by atoms with E-state index >= 15 is 0 Å². The van der Waals surface area contributed by atoms with Gasteiger partial charge in [0.05, 0.1) is 86.6 Å². The van der Waals surface area contributed by atoms with Gasteiger partial charge in [-0.1, -0.05) is 83.5 Å². The van der Waals surface area contributed by atoms with Crippen LogP contribution in [0, 0.1) is 46.3 Å². The Kier molecular flexibility index (Phi) is 38.9. The maximum Gasteiger partial charge on any atom is 0.407 e. The number of ether oxygens (including phenoxy) is 8. The van der Waals surface area contributed by atoms with Gasteiger partial charge in [0, 0.05) is 150 Å². The Hall–Kier alpha value is -9.30. The summed E-state index contributed by atoms with van der Waals surface area (Å²) in [5.74, 6) is 4.82. The van der Waals surface area contributed by atoms with Crippen molar-refractivity contribution in [1.82, 2.24) is 45.9 Å². The van der Waals surface area contributed by atoms with Gasteiger partial charge in [0.2, 0.25) is 0 Å². The van der Waals surface area contributed by atoms with E-state index in [1.807, 2.05) is 96.1 Å². The molecule has 0 radical (unpaired) electrons. The number of carboxylic acids is 1. The molecule has 0 aliphatic carbocycles. The van der Waals surface area contributed by atoms with Crippen LogP contribution >= 0.6 is 40.7 Å². The van der Waals surface area contributed by atoms with Crippen LogP contribution in [0.3, 0.4) is 0 Å². The number of nitrogens with zero attached hydrogens (tertiary/aromatic N) is 7. The number of pyridine rings is 2. The molecule has 6 saturated heterocycles. The van der Waals surface area contributed by atoms with E-state index < -0.39 is 17.2 Å². The fraction of sp³-hybridized carbons (Fsp3) is 0.522. The van der Waals surface area contributed by atoms with Gasteiger partial charge in [-0.25, -0.2) is 14.4 Å². The number of amides is 3. The molecule has 6 fully saturated rings. The lowest BCUT2D eigenvalue weighted by Gasteiger charge is -2.40. The largest absolute Gasteiger partial charge is 0.496 e. The Balaban J connectivity index is 0.000000229. The third-order valence-corrected chi connectivity index (χ3v) is 20.9. The number of rotatable bonds is 22. The van der Waals surface area contributed by atoms with Crippen LogP contribution in [-0.2, 0) is 18.9 Å². The number of fused-ring (bicyclic) bond motifs is 2. The quantitative estimate of drug-likeness (QED) is 0.0343. The van der Waals surface area contributed by atoms with E-state index in [1.54, 1.807) is 49.8 Å². The molecule has 4 aromatic heterocycles. The minimum Gasteiger partial charge on any atom is -0.496 e. The predicted octanol–water partition coefficient (Wildman–Crippen LogP) is 16.5. The second-order valence-corrected chi connectivity index (χ2v) is 35.3. The highest BCUT2D eigenvalue weighted by Crippen LogP contribution is 2.41. The molecule has 0 atom stereocenters. The molecule has 6 aliphatic heterocycles. The minimum atomic E-state index is -1.04. The lowest BCUT2D eigenvalue weighted by atomic mass is 10.0. The number of carbonyl (C=O) groups is 4. The molecule has 8 aromatic rings. The average molecular weight is 1790 g/mol. The highest BCUT2D eigenvalue weighted by atomic mass is 79.9. The number of hydrogen-bond acceptors (Lipinski definition) is 23. The number of nitrogens with one attached hydrogen (secondary N) is 4. The Labute approximate surface area is 739 Å². The topological polar surface area (TPSA) is 346 Å². The zero-order chi connectivity index (χ0) is 87.0. The molecule has 0 spiro atoms. The van der Waals surface area contributed by atoms with Crippen LogP contribution in [0.15, 0.2) is 118 Å². The van der Waals surface area contributed by atoms with E-state index in [4.69, 9.17) is 52.5 Å². The van der Waals surface area contributed by atoms with Crippen molar-refractivity contribution in [2.75, 3.05) is 118 Å². The molecule has 6 aliphatic rings. The van der Waals surface area contributed by atoms with Crippen LogP contribution in [-0.4, -0.2) is 219 Å². The lowest BCUT2D eigenvalue weighted by Crippen LogP contribution is -2.60. The number of carboxylic acid groups (broad SMARTS) is 1. The zero-order valence-corrected chi connectivity index (χ0v) is 76.6. The van der Waals surface area contributed by atoms with E-state index in [0.29, 0.717) is 129 Å². The second-order valence-electron chi connectivity index (χ2n) is 34.7. The van der Waals surface area contributed by atoms with Gasteiger partial charge in [0.25, 0.3) is 5.91 Å². The van der Waals surface area contributed by atoms with Gasteiger partial charge in [0.1, 0.15) is 81.1 Å². The van der Waals surface area contributed by atoms with Crippen molar-refractivity contribution in [1.29, 1.82) is 10.5 Å². The number of methoxy groups -OCH3 is 2. The van der Waals surface area contributed by atoms with Gasteiger partial charge in [-0.3, -0.25) is 29.5 Å². The van der Waals surface area contributed by atoms with E-state index in [-0.39, 0.29) is 78.8 Å². The number of benzene rings is 4. The summed E-state index contributed by atoms with van der Waals surface area (Å²) in [5, 5.41) is 41.8. The van der Waals surface area contributed by atoms with Gasteiger partial charge in [-0.05, 0) is 149 Å². The number of hydrogen-bond donors (Lipinski definition) is 6.